The van der Waals surface area contributed by atoms with Crippen LogP contribution in [0.5, 0.6) is 5.75 Å². The Hall–Kier alpha value is -2.69. The van der Waals surface area contributed by atoms with Crippen LogP contribution in [0.1, 0.15) is 6.92 Å². The third-order valence-corrected chi connectivity index (χ3v) is 2.85. The number of anilines is 2. The van der Waals surface area contributed by atoms with Crippen molar-refractivity contribution in [2.75, 3.05) is 11.9 Å². The zero-order valence-electron chi connectivity index (χ0n) is 11.1. The average molecular weight is 266 g/mol. The molecule has 0 saturated carbocycles. The first-order valence-corrected chi connectivity index (χ1v) is 6.43. The van der Waals surface area contributed by atoms with Crippen molar-refractivity contribution < 1.29 is 4.74 Å². The molecular formula is C15H14N4O. The minimum atomic E-state index is 0.616. The molecule has 0 bridgehead atoms. The van der Waals surface area contributed by atoms with E-state index in [0.717, 1.165) is 22.6 Å². The van der Waals surface area contributed by atoms with Crippen LogP contribution in [-0.4, -0.2) is 21.6 Å². The average Bonchev–Trinajstić information content (AvgIpc) is 2.50. The molecule has 0 aliphatic rings. The molecule has 1 aromatic carbocycles. The largest absolute Gasteiger partial charge is 0.492 e. The van der Waals surface area contributed by atoms with E-state index in [-0.39, 0.29) is 0 Å². The van der Waals surface area contributed by atoms with Crippen molar-refractivity contribution in [2.45, 2.75) is 6.92 Å². The maximum absolute atomic E-state index is 5.60. The number of hydrogen-bond donors (Lipinski definition) is 1. The minimum Gasteiger partial charge on any atom is -0.492 e. The third kappa shape index (κ3) is 2.38. The van der Waals surface area contributed by atoms with Crippen LogP contribution in [0.3, 0.4) is 0 Å². The number of fused-ring (bicyclic) bond motifs is 1. The molecule has 0 saturated heterocycles. The molecule has 0 aliphatic heterocycles. The van der Waals surface area contributed by atoms with Crippen LogP contribution in [0.2, 0.25) is 0 Å². The van der Waals surface area contributed by atoms with Gasteiger partial charge in [-0.25, -0.2) is 15.0 Å². The summed E-state index contributed by atoms with van der Waals surface area (Å²) >= 11 is 0. The topological polar surface area (TPSA) is 59.9 Å². The van der Waals surface area contributed by atoms with Crippen molar-refractivity contribution in [3.63, 3.8) is 0 Å². The van der Waals surface area contributed by atoms with Crippen LogP contribution in [0.15, 0.2) is 48.9 Å². The molecule has 1 N–H and O–H groups in total. The quantitative estimate of drug-likeness (QED) is 0.786. The first kappa shape index (κ1) is 12.3. The smallest absolute Gasteiger partial charge is 0.164 e. The molecule has 5 nitrogen and oxygen atoms in total. The molecule has 0 radical (unpaired) electrons. The molecule has 0 amide bonds. The number of pyridine rings is 1. The van der Waals surface area contributed by atoms with E-state index < -0.39 is 0 Å². The second kappa shape index (κ2) is 5.52. The molecule has 2 aromatic heterocycles. The van der Waals surface area contributed by atoms with E-state index >= 15 is 0 Å². The lowest BCUT2D eigenvalue weighted by Crippen LogP contribution is -2.00. The van der Waals surface area contributed by atoms with Crippen molar-refractivity contribution in [1.82, 2.24) is 15.0 Å². The number of aromatic nitrogens is 3. The highest BCUT2D eigenvalue weighted by atomic mass is 16.5. The molecule has 0 aliphatic carbocycles. The summed E-state index contributed by atoms with van der Waals surface area (Å²) in [5, 5.41) is 4.16. The molecular weight excluding hydrogens is 252 g/mol. The summed E-state index contributed by atoms with van der Waals surface area (Å²) in [5.41, 5.74) is 1.54. The van der Waals surface area contributed by atoms with Crippen LogP contribution < -0.4 is 10.1 Å². The molecule has 20 heavy (non-hydrogen) atoms. The predicted molar refractivity (Wildman–Crippen MR) is 78.2 cm³/mol. The highest BCUT2D eigenvalue weighted by Gasteiger charge is 2.07. The number of rotatable bonds is 4. The summed E-state index contributed by atoms with van der Waals surface area (Å²) in [4.78, 5) is 12.7. The lowest BCUT2D eigenvalue weighted by atomic mass is 10.2. The van der Waals surface area contributed by atoms with E-state index in [1.807, 2.05) is 43.3 Å². The van der Waals surface area contributed by atoms with E-state index in [0.29, 0.717) is 12.3 Å². The molecule has 5 heteroatoms. The molecule has 0 atom stereocenters. The fourth-order valence-corrected chi connectivity index (χ4v) is 1.97. The number of para-hydroxylation sites is 2. The molecule has 3 rings (SSSR count). The lowest BCUT2D eigenvalue weighted by Gasteiger charge is -2.12. The number of benzene rings is 1. The van der Waals surface area contributed by atoms with Gasteiger partial charge in [-0.3, -0.25) is 0 Å². The molecule has 100 valence electrons. The van der Waals surface area contributed by atoms with Crippen molar-refractivity contribution in [3.8, 4) is 5.75 Å². The molecule has 0 spiro atoms. The van der Waals surface area contributed by atoms with E-state index in [9.17, 15) is 0 Å². The van der Waals surface area contributed by atoms with Gasteiger partial charge in [0, 0.05) is 6.20 Å². The van der Waals surface area contributed by atoms with E-state index in [2.05, 4.69) is 20.3 Å². The van der Waals surface area contributed by atoms with Gasteiger partial charge in [0.2, 0.25) is 0 Å². The zero-order valence-corrected chi connectivity index (χ0v) is 11.1. The van der Waals surface area contributed by atoms with Crippen molar-refractivity contribution >= 4 is 22.5 Å². The van der Waals surface area contributed by atoms with Crippen molar-refractivity contribution in [1.29, 1.82) is 0 Å². The summed E-state index contributed by atoms with van der Waals surface area (Å²) in [7, 11) is 0. The van der Waals surface area contributed by atoms with Crippen LogP contribution >= 0.6 is 0 Å². The van der Waals surface area contributed by atoms with Gasteiger partial charge in [-0.15, -0.1) is 0 Å². The summed E-state index contributed by atoms with van der Waals surface area (Å²) < 4.78 is 5.60. The highest BCUT2D eigenvalue weighted by molar-refractivity contribution is 5.88. The normalized spacial score (nSPS) is 10.4. The van der Waals surface area contributed by atoms with Gasteiger partial charge in [0.15, 0.2) is 5.65 Å². The number of ether oxygens (including phenoxy) is 1. The predicted octanol–water partition coefficient (Wildman–Crippen LogP) is 3.17. The minimum absolute atomic E-state index is 0.616. The van der Waals surface area contributed by atoms with Gasteiger partial charge in [0.25, 0.3) is 0 Å². The van der Waals surface area contributed by atoms with E-state index in [1.165, 1.54) is 6.33 Å². The summed E-state index contributed by atoms with van der Waals surface area (Å²) in [6.45, 7) is 2.57. The Bertz CT molecular complexity index is 724. The van der Waals surface area contributed by atoms with Gasteiger partial charge in [0.1, 0.15) is 17.9 Å². The summed E-state index contributed by atoms with van der Waals surface area (Å²) in [6.07, 6.45) is 3.22. The second-order valence-corrected chi connectivity index (χ2v) is 4.15. The Balaban J connectivity index is 2.01. The van der Waals surface area contributed by atoms with Crippen LogP contribution in [0, 0.1) is 0 Å². The standard InChI is InChI=1S/C15H14N4O/c1-2-20-13-8-4-3-7-12(13)19-15-11-6-5-9-16-14(11)17-10-18-15/h3-10H,2H2,1H3,(H,16,17,18,19). The first-order valence-electron chi connectivity index (χ1n) is 6.43. The fraction of sp³-hybridized carbons (Fsp3) is 0.133. The second-order valence-electron chi connectivity index (χ2n) is 4.15. The Morgan fingerprint density at radius 2 is 1.95 bits per heavy atom. The van der Waals surface area contributed by atoms with Crippen molar-refractivity contribution in [2.24, 2.45) is 0 Å². The zero-order chi connectivity index (χ0) is 13.8. The van der Waals surface area contributed by atoms with E-state index in [4.69, 9.17) is 4.74 Å². The fourth-order valence-electron chi connectivity index (χ4n) is 1.97. The van der Waals surface area contributed by atoms with Gasteiger partial charge in [-0.05, 0) is 31.2 Å². The first-order chi connectivity index (χ1) is 9.88. The van der Waals surface area contributed by atoms with Crippen LogP contribution in [0.4, 0.5) is 11.5 Å². The van der Waals surface area contributed by atoms with Crippen LogP contribution in [-0.2, 0) is 0 Å². The van der Waals surface area contributed by atoms with Gasteiger partial charge >= 0.3 is 0 Å². The van der Waals surface area contributed by atoms with E-state index in [1.54, 1.807) is 6.20 Å². The Labute approximate surface area is 116 Å². The van der Waals surface area contributed by atoms with Gasteiger partial charge in [0.05, 0.1) is 17.7 Å². The number of hydrogen-bond acceptors (Lipinski definition) is 5. The Morgan fingerprint density at radius 3 is 2.85 bits per heavy atom. The van der Waals surface area contributed by atoms with Crippen molar-refractivity contribution in [3.05, 3.63) is 48.9 Å². The summed E-state index contributed by atoms with van der Waals surface area (Å²) in [6, 6.07) is 11.6. The Kier molecular flexibility index (Phi) is 3.41. The lowest BCUT2D eigenvalue weighted by molar-refractivity contribution is 0.342. The van der Waals surface area contributed by atoms with Gasteiger partial charge in [-0.2, -0.15) is 0 Å². The maximum atomic E-state index is 5.60. The maximum Gasteiger partial charge on any atom is 0.164 e. The third-order valence-electron chi connectivity index (χ3n) is 2.85. The molecule has 0 unspecified atom stereocenters. The molecule has 2 heterocycles. The molecule has 3 aromatic rings. The highest BCUT2D eigenvalue weighted by Crippen LogP contribution is 2.28. The molecule has 0 fully saturated rings. The van der Waals surface area contributed by atoms with Gasteiger partial charge in [-0.1, -0.05) is 12.1 Å². The van der Waals surface area contributed by atoms with Gasteiger partial charge < -0.3 is 10.1 Å². The Morgan fingerprint density at radius 1 is 1.05 bits per heavy atom. The monoisotopic (exact) mass is 266 g/mol. The number of nitrogens with one attached hydrogen (secondary N) is 1. The summed E-state index contributed by atoms with van der Waals surface area (Å²) in [5.74, 6) is 1.51. The number of nitrogens with zero attached hydrogens (tertiary/aromatic N) is 3. The van der Waals surface area contributed by atoms with Crippen LogP contribution in [0.25, 0.3) is 11.0 Å². The SMILES string of the molecule is CCOc1ccccc1Nc1ncnc2ncccc12.